The van der Waals surface area contributed by atoms with E-state index in [2.05, 4.69) is 29.2 Å². The Bertz CT molecular complexity index is 622. The summed E-state index contributed by atoms with van der Waals surface area (Å²) in [4.78, 5) is 4.47. The zero-order valence-electron chi connectivity index (χ0n) is 12.2. The third kappa shape index (κ3) is 3.74. The van der Waals surface area contributed by atoms with Crippen molar-refractivity contribution in [3.63, 3.8) is 0 Å². The van der Waals surface area contributed by atoms with E-state index in [9.17, 15) is 0 Å². The van der Waals surface area contributed by atoms with Gasteiger partial charge in [-0.3, -0.25) is 4.68 Å². The van der Waals surface area contributed by atoms with E-state index in [4.69, 9.17) is 16.3 Å². The lowest BCUT2D eigenvalue weighted by Crippen LogP contribution is -2.16. The van der Waals surface area contributed by atoms with Crippen LogP contribution in [0.2, 0.25) is 5.02 Å². The minimum atomic E-state index is 0.304. The van der Waals surface area contributed by atoms with Crippen LogP contribution in [0, 0.1) is 0 Å². The molecule has 1 N–H and O–H groups in total. The number of nitrogens with zero attached hydrogens (tertiary/aromatic N) is 3. The zero-order chi connectivity index (χ0) is 14.8. The summed E-state index contributed by atoms with van der Waals surface area (Å²) in [7, 11) is 0. The first-order valence-corrected chi connectivity index (χ1v) is 7.60. The normalized spacial score (nSPS) is 14.7. The van der Waals surface area contributed by atoms with Crippen LogP contribution >= 0.6 is 11.6 Å². The number of ether oxygens (including phenoxy) is 1. The average Bonchev–Trinajstić information content (AvgIpc) is 3.17. The van der Waals surface area contributed by atoms with Crippen LogP contribution in [0.5, 0.6) is 11.6 Å². The molecule has 2 heterocycles. The molecule has 0 radical (unpaired) electrons. The lowest BCUT2D eigenvalue weighted by molar-refractivity contribution is 0.456. The molecule has 21 heavy (non-hydrogen) atoms. The molecule has 2 aromatic heterocycles. The Morgan fingerprint density at radius 1 is 1.43 bits per heavy atom. The number of aromatic nitrogens is 3. The van der Waals surface area contributed by atoms with Crippen molar-refractivity contribution in [3.8, 4) is 11.6 Å². The van der Waals surface area contributed by atoms with Crippen LogP contribution in [0.25, 0.3) is 0 Å². The number of rotatable bonds is 6. The van der Waals surface area contributed by atoms with Crippen molar-refractivity contribution in [2.75, 3.05) is 0 Å². The molecule has 3 rings (SSSR count). The maximum absolute atomic E-state index is 6.17. The summed E-state index contributed by atoms with van der Waals surface area (Å²) < 4.78 is 7.59. The Kier molecular flexibility index (Phi) is 4.12. The lowest BCUT2D eigenvalue weighted by atomic mass is 10.3. The van der Waals surface area contributed by atoms with Crippen LogP contribution in [0.4, 0.5) is 0 Å². The second-order valence-corrected chi connectivity index (χ2v) is 5.99. The summed E-state index contributed by atoms with van der Waals surface area (Å²) in [6.07, 6.45) is 6.03. The van der Waals surface area contributed by atoms with Gasteiger partial charge in [0.15, 0.2) is 5.75 Å². The summed E-state index contributed by atoms with van der Waals surface area (Å²) in [5, 5.41) is 8.31. The van der Waals surface area contributed by atoms with Crippen molar-refractivity contribution in [1.29, 1.82) is 0 Å². The average molecular weight is 307 g/mol. The van der Waals surface area contributed by atoms with Crippen LogP contribution in [0.3, 0.4) is 0 Å². The number of hydrogen-bond acceptors (Lipinski definition) is 4. The van der Waals surface area contributed by atoms with Gasteiger partial charge in [0.1, 0.15) is 0 Å². The number of pyridine rings is 1. The van der Waals surface area contributed by atoms with Crippen LogP contribution < -0.4 is 10.1 Å². The molecule has 0 aromatic carbocycles. The van der Waals surface area contributed by atoms with Gasteiger partial charge in [0.2, 0.25) is 5.88 Å². The minimum Gasteiger partial charge on any atom is -0.436 e. The maximum Gasteiger partial charge on any atom is 0.219 e. The Morgan fingerprint density at radius 2 is 2.24 bits per heavy atom. The fourth-order valence-corrected chi connectivity index (χ4v) is 2.12. The first-order chi connectivity index (χ1) is 10.1. The quantitative estimate of drug-likeness (QED) is 0.886. The number of nitrogens with one attached hydrogen (secondary N) is 1. The predicted octanol–water partition coefficient (Wildman–Crippen LogP) is 3.56. The van der Waals surface area contributed by atoms with Crippen molar-refractivity contribution in [2.24, 2.45) is 0 Å². The molecule has 0 saturated heterocycles. The summed E-state index contributed by atoms with van der Waals surface area (Å²) in [6.45, 7) is 4.81. The van der Waals surface area contributed by atoms with E-state index in [1.54, 1.807) is 12.3 Å². The van der Waals surface area contributed by atoms with E-state index in [0.29, 0.717) is 35.3 Å². The molecule has 2 aromatic rings. The topological polar surface area (TPSA) is 52.0 Å². The fraction of sp³-hybridized carbons (Fsp3) is 0.467. The van der Waals surface area contributed by atoms with E-state index in [1.807, 2.05) is 16.9 Å². The van der Waals surface area contributed by atoms with Crippen LogP contribution in [-0.2, 0) is 6.54 Å². The van der Waals surface area contributed by atoms with Crippen LogP contribution in [0.15, 0.2) is 24.5 Å². The smallest absolute Gasteiger partial charge is 0.219 e. The molecule has 0 atom stereocenters. The SMILES string of the molecule is CC(C)n1cc(Oc2ccc(Cl)c(CNC3CC3)n2)cn1. The lowest BCUT2D eigenvalue weighted by Gasteiger charge is -2.08. The number of halogens is 1. The van der Waals surface area contributed by atoms with Gasteiger partial charge in [-0.05, 0) is 32.8 Å². The molecule has 1 saturated carbocycles. The second-order valence-electron chi connectivity index (χ2n) is 5.59. The van der Waals surface area contributed by atoms with Gasteiger partial charge in [-0.2, -0.15) is 5.10 Å². The van der Waals surface area contributed by atoms with Gasteiger partial charge >= 0.3 is 0 Å². The largest absolute Gasteiger partial charge is 0.436 e. The molecule has 1 aliphatic rings. The molecule has 0 aliphatic heterocycles. The van der Waals surface area contributed by atoms with Gasteiger partial charge in [0, 0.05) is 24.7 Å². The molecule has 0 amide bonds. The Hall–Kier alpha value is -1.59. The molecule has 112 valence electrons. The third-order valence-corrected chi connectivity index (χ3v) is 3.70. The van der Waals surface area contributed by atoms with Gasteiger partial charge in [0.05, 0.1) is 23.1 Å². The van der Waals surface area contributed by atoms with E-state index < -0.39 is 0 Å². The Balaban J connectivity index is 1.70. The molecule has 1 aliphatic carbocycles. The number of hydrogen-bond donors (Lipinski definition) is 1. The fourth-order valence-electron chi connectivity index (χ4n) is 1.95. The second kappa shape index (κ2) is 6.03. The highest BCUT2D eigenvalue weighted by Gasteiger charge is 2.20. The highest BCUT2D eigenvalue weighted by atomic mass is 35.5. The van der Waals surface area contributed by atoms with Crippen molar-refractivity contribution in [1.82, 2.24) is 20.1 Å². The highest BCUT2D eigenvalue weighted by Crippen LogP contribution is 2.25. The minimum absolute atomic E-state index is 0.304. The van der Waals surface area contributed by atoms with Gasteiger partial charge in [-0.25, -0.2) is 4.98 Å². The summed E-state index contributed by atoms with van der Waals surface area (Å²) >= 11 is 6.17. The van der Waals surface area contributed by atoms with Crippen molar-refractivity contribution in [2.45, 2.75) is 45.3 Å². The monoisotopic (exact) mass is 306 g/mol. The molecule has 0 bridgehead atoms. The Labute approximate surface area is 129 Å². The predicted molar refractivity (Wildman–Crippen MR) is 81.8 cm³/mol. The maximum atomic E-state index is 6.17. The van der Waals surface area contributed by atoms with Crippen molar-refractivity contribution < 1.29 is 4.74 Å². The van der Waals surface area contributed by atoms with E-state index in [-0.39, 0.29) is 0 Å². The first kappa shape index (κ1) is 14.4. The highest BCUT2D eigenvalue weighted by molar-refractivity contribution is 6.31. The molecular formula is C15H19ClN4O. The van der Waals surface area contributed by atoms with Crippen LogP contribution in [0.1, 0.15) is 38.4 Å². The Morgan fingerprint density at radius 3 is 2.90 bits per heavy atom. The third-order valence-electron chi connectivity index (χ3n) is 3.36. The molecular weight excluding hydrogens is 288 g/mol. The van der Waals surface area contributed by atoms with Gasteiger partial charge in [0.25, 0.3) is 0 Å². The molecule has 1 fully saturated rings. The standard InChI is InChI=1S/C15H19ClN4O/c1-10(2)20-9-12(7-18-20)21-15-6-5-13(16)14(19-15)8-17-11-3-4-11/h5-7,9-11,17H,3-4,8H2,1-2H3. The molecule has 0 unspecified atom stereocenters. The summed E-state index contributed by atoms with van der Waals surface area (Å²) in [6, 6.07) is 4.52. The first-order valence-electron chi connectivity index (χ1n) is 7.22. The molecule has 6 heteroatoms. The zero-order valence-corrected chi connectivity index (χ0v) is 13.0. The van der Waals surface area contributed by atoms with E-state index in [1.165, 1.54) is 12.8 Å². The van der Waals surface area contributed by atoms with Gasteiger partial charge in [-0.1, -0.05) is 11.6 Å². The van der Waals surface area contributed by atoms with Crippen molar-refractivity contribution in [3.05, 3.63) is 35.2 Å². The summed E-state index contributed by atoms with van der Waals surface area (Å²) in [5.41, 5.74) is 0.817. The van der Waals surface area contributed by atoms with E-state index >= 15 is 0 Å². The van der Waals surface area contributed by atoms with Gasteiger partial charge in [-0.15, -0.1) is 0 Å². The molecule has 5 nitrogen and oxygen atoms in total. The summed E-state index contributed by atoms with van der Waals surface area (Å²) in [5.74, 6) is 1.22. The van der Waals surface area contributed by atoms with Gasteiger partial charge < -0.3 is 10.1 Å². The van der Waals surface area contributed by atoms with Crippen LogP contribution in [-0.4, -0.2) is 20.8 Å². The molecule has 0 spiro atoms. The van der Waals surface area contributed by atoms with Crippen molar-refractivity contribution >= 4 is 11.6 Å². The van der Waals surface area contributed by atoms with E-state index in [0.717, 1.165) is 5.69 Å².